The number of nitrogens with zero attached hydrogens (tertiary/aromatic N) is 12. The molecule has 0 N–H and O–H groups in total. The smallest absolute Gasteiger partial charge is 0.418 e. The number of rotatable bonds is 18. The van der Waals surface area contributed by atoms with E-state index in [9.17, 15) is 69.1 Å². The molecule has 2 radical (unpaired) electrons. The molecule has 115 heavy (non-hydrogen) atoms. The third-order valence-electron chi connectivity index (χ3n) is 14.8. The summed E-state index contributed by atoms with van der Waals surface area (Å²) in [5, 5.41) is 0. The molecule has 0 saturated heterocycles. The first-order valence-corrected chi connectivity index (χ1v) is 34.3. The minimum Gasteiger partial charge on any atom is -0.418 e. The fraction of sp³-hybridized carbons (Fsp3) is 0.111. The van der Waals surface area contributed by atoms with Crippen LogP contribution < -0.4 is 0 Å². The maximum atomic E-state index is 9.75. The van der Waals surface area contributed by atoms with Gasteiger partial charge in [-0.15, -0.1) is 0 Å². The molecule has 0 fully saturated rings. The van der Waals surface area contributed by atoms with Crippen molar-refractivity contribution in [2.24, 2.45) is 30.0 Å². The van der Waals surface area contributed by atoms with E-state index < -0.39 is 29.0 Å². The maximum Gasteiger partial charge on any atom is 2.00 e. The molecular formula is C81H72B4Co2F16N12. The Balaban J connectivity index is 0.000000321. The van der Waals surface area contributed by atoms with E-state index in [1.165, 1.54) is 33.4 Å². The number of hydrogen-bond acceptors (Lipinski definition) is 12. The van der Waals surface area contributed by atoms with Crippen molar-refractivity contribution < 1.29 is 103 Å². The van der Waals surface area contributed by atoms with Gasteiger partial charge in [-0.05, 0) is 240 Å². The number of aromatic nitrogens is 6. The van der Waals surface area contributed by atoms with Gasteiger partial charge in [0, 0.05) is 37.2 Å². The van der Waals surface area contributed by atoms with Crippen molar-refractivity contribution in [3.05, 3.63) is 360 Å². The van der Waals surface area contributed by atoms with E-state index in [1.807, 2.05) is 151 Å². The summed E-state index contributed by atoms with van der Waals surface area (Å²) in [4.78, 5) is 54.1. The molecule has 12 aromatic rings. The fourth-order valence-electron chi connectivity index (χ4n) is 9.80. The molecule has 0 unspecified atom stereocenters. The zero-order valence-electron chi connectivity index (χ0n) is 62.2. The Kier molecular flexibility index (Phi) is 40.3. The van der Waals surface area contributed by atoms with Gasteiger partial charge in [0.25, 0.3) is 0 Å². The first kappa shape index (κ1) is 95.8. The van der Waals surface area contributed by atoms with Gasteiger partial charge >= 0.3 is 62.6 Å². The van der Waals surface area contributed by atoms with Crippen LogP contribution in [0.1, 0.15) is 109 Å². The quantitative estimate of drug-likeness (QED) is 0.0474. The van der Waals surface area contributed by atoms with Crippen molar-refractivity contribution in [1.82, 2.24) is 29.9 Å². The maximum absolute atomic E-state index is 9.75. The third-order valence-corrected chi connectivity index (χ3v) is 14.8. The molecule has 12 rings (SSSR count). The molecule has 12 nitrogen and oxygen atoms in total. The van der Waals surface area contributed by atoms with E-state index in [2.05, 4.69) is 205 Å². The van der Waals surface area contributed by atoms with Crippen LogP contribution in [0, 0.1) is 0 Å². The molecule has 0 aliphatic rings. The second-order valence-electron chi connectivity index (χ2n) is 24.0. The van der Waals surface area contributed by atoms with Crippen molar-refractivity contribution in [3.8, 4) is 0 Å². The van der Waals surface area contributed by atoms with Crippen LogP contribution in [-0.4, -0.2) is 93.2 Å². The third kappa shape index (κ3) is 42.2. The Bertz CT molecular complexity index is 4170. The van der Waals surface area contributed by atoms with E-state index in [4.69, 9.17) is 0 Å². The number of benzene rings is 6. The normalized spacial score (nSPS) is 11.8. The summed E-state index contributed by atoms with van der Waals surface area (Å²) in [5.74, 6) is 0. The van der Waals surface area contributed by atoms with Crippen molar-refractivity contribution in [2.45, 2.75) is 60.8 Å². The average molecular weight is 1680 g/mol. The number of aliphatic imine (C=N–C) groups is 6. The molecule has 6 heterocycles. The molecule has 0 bridgehead atoms. The van der Waals surface area contributed by atoms with Gasteiger partial charge in [0.2, 0.25) is 0 Å². The van der Waals surface area contributed by atoms with Gasteiger partial charge in [0.15, 0.2) is 0 Å². The first-order valence-electron chi connectivity index (χ1n) is 34.3. The van der Waals surface area contributed by atoms with Crippen LogP contribution in [0.5, 0.6) is 0 Å². The number of halogens is 16. The van der Waals surface area contributed by atoms with Crippen molar-refractivity contribution >= 4 is 97.4 Å². The van der Waals surface area contributed by atoms with Crippen LogP contribution in [0.25, 0.3) is 0 Å². The van der Waals surface area contributed by atoms with Gasteiger partial charge in [-0.3, -0.25) is 59.9 Å². The molecule has 0 aliphatic heterocycles. The molecule has 0 saturated carbocycles. The predicted molar refractivity (Wildman–Crippen MR) is 424 cm³/mol. The summed E-state index contributed by atoms with van der Waals surface area (Å²) in [6.07, 6.45) is 13.3. The van der Waals surface area contributed by atoms with Crippen LogP contribution >= 0.6 is 0 Å². The monoisotopic (exact) mass is 1680 g/mol. The zero-order valence-corrected chi connectivity index (χ0v) is 64.3. The van der Waals surface area contributed by atoms with E-state index in [0.29, 0.717) is 0 Å². The predicted octanol–water partition coefficient (Wildman–Crippen LogP) is 24.2. The topological polar surface area (TPSA) is 152 Å². The summed E-state index contributed by atoms with van der Waals surface area (Å²) in [7, 11) is -24.0. The van der Waals surface area contributed by atoms with Crippen LogP contribution in [0.2, 0.25) is 0 Å². The Morgan fingerprint density at radius 2 is 0.313 bits per heavy atom. The largest absolute Gasteiger partial charge is 2.00 e. The molecule has 0 spiro atoms. The summed E-state index contributed by atoms with van der Waals surface area (Å²) in [5.41, 5.74) is 23.9. The van der Waals surface area contributed by atoms with Crippen molar-refractivity contribution in [1.29, 1.82) is 0 Å². The number of hydrogen-bond donors (Lipinski definition) is 0. The molecule has 0 atom stereocenters. The molecule has 598 valence electrons. The van der Waals surface area contributed by atoms with E-state index in [-0.39, 0.29) is 33.6 Å². The summed E-state index contributed by atoms with van der Waals surface area (Å²) in [6, 6.07) is 85.3. The minimum atomic E-state index is -6.00. The standard InChI is InChI=1S/3C27H24N4.4BF4.2Co/c3*1-20(26-7-3-5-17-28-26)30-24-13-9-22(10-14-24)19-23-11-15-25(16-12-23)31-21(2)27-8-4-6-18-29-27;4*2-1(3,4)5;;/h3*3-18H,19H2,1-2H3;;;;;;/q;;;4*-1;2*+2. The van der Waals surface area contributed by atoms with E-state index in [0.717, 1.165) is 122 Å². The zero-order chi connectivity index (χ0) is 82.4. The van der Waals surface area contributed by atoms with Gasteiger partial charge in [-0.1, -0.05) is 109 Å². The molecular weight excluding hydrogens is 1610 g/mol. The second-order valence-corrected chi connectivity index (χ2v) is 24.0. The van der Waals surface area contributed by atoms with Crippen LogP contribution in [0.15, 0.2) is 322 Å². The first-order chi connectivity index (χ1) is 53.5. The van der Waals surface area contributed by atoms with Gasteiger partial charge < -0.3 is 69.1 Å². The second kappa shape index (κ2) is 48.5. The summed E-state index contributed by atoms with van der Waals surface area (Å²) >= 11 is 0. The van der Waals surface area contributed by atoms with E-state index >= 15 is 0 Å². The molecule has 6 aromatic heterocycles. The summed E-state index contributed by atoms with van der Waals surface area (Å²) in [6.45, 7) is 11.9. The minimum absolute atomic E-state index is 0. The molecule has 0 aliphatic carbocycles. The Labute approximate surface area is 676 Å². The fourth-order valence-corrected chi connectivity index (χ4v) is 9.80. The van der Waals surface area contributed by atoms with Crippen molar-refractivity contribution in [2.75, 3.05) is 0 Å². The van der Waals surface area contributed by atoms with Crippen molar-refractivity contribution in [3.63, 3.8) is 0 Å². The van der Waals surface area contributed by atoms with E-state index in [1.54, 1.807) is 37.2 Å². The summed E-state index contributed by atoms with van der Waals surface area (Å²) < 4.78 is 156. The van der Waals surface area contributed by atoms with Gasteiger partial charge in [0.05, 0.1) is 103 Å². The number of pyridine rings is 6. The van der Waals surface area contributed by atoms with Crippen LogP contribution in [0.3, 0.4) is 0 Å². The Morgan fingerprint density at radius 1 is 0.200 bits per heavy atom. The van der Waals surface area contributed by atoms with Crippen LogP contribution in [-0.2, 0) is 52.8 Å². The molecule has 6 aromatic carbocycles. The molecule has 34 heteroatoms. The van der Waals surface area contributed by atoms with Crippen LogP contribution in [0.4, 0.5) is 103 Å². The molecule has 0 amide bonds. The van der Waals surface area contributed by atoms with Gasteiger partial charge in [-0.2, -0.15) is 0 Å². The van der Waals surface area contributed by atoms with Gasteiger partial charge in [0.1, 0.15) is 0 Å². The van der Waals surface area contributed by atoms with Gasteiger partial charge in [-0.25, -0.2) is 0 Å². The Morgan fingerprint density at radius 3 is 0.409 bits per heavy atom. The SMILES string of the molecule is CC(=Nc1ccc(Cc2ccc(N=C(C)c3ccccn3)cc2)cc1)c1ccccn1.CC(=Nc1ccc(Cc2ccc(N=C(C)c3ccccn3)cc2)cc1)c1ccccn1.CC(=Nc1ccc(Cc2ccc(N=C(C)c3ccccn3)cc2)cc1)c1ccccn1.F[B-](F)(F)F.F[B-](F)(F)F.F[B-](F)(F)F.F[B-](F)(F)F.[Co+2].[Co+2]. The Hall–Kier alpha value is -11.6. The average Bonchev–Trinajstić information content (AvgIpc) is 0.865.